The topological polar surface area (TPSA) is 75.1 Å². The van der Waals surface area contributed by atoms with Gasteiger partial charge in [0, 0.05) is 5.02 Å². The van der Waals surface area contributed by atoms with E-state index in [0.29, 0.717) is 0 Å². The molecule has 7 heteroatoms. The van der Waals surface area contributed by atoms with E-state index >= 15 is 0 Å². The summed E-state index contributed by atoms with van der Waals surface area (Å²) in [5.74, 6) is -1.17. The second kappa shape index (κ2) is 4.89. The van der Waals surface area contributed by atoms with Gasteiger partial charge in [0.15, 0.2) is 0 Å². The molecule has 0 aliphatic rings. The first-order valence-electron chi connectivity index (χ1n) is 5.47. The molecule has 0 unspecified atom stereocenters. The first-order valence-corrected chi connectivity index (χ1v) is 5.85. The Labute approximate surface area is 111 Å². The molecule has 0 saturated carbocycles. The lowest BCUT2D eigenvalue weighted by atomic mass is 10.2. The Balaban J connectivity index is 2.82. The van der Waals surface area contributed by atoms with Gasteiger partial charge in [0.2, 0.25) is 5.88 Å². The highest BCUT2D eigenvalue weighted by Crippen LogP contribution is 2.21. The van der Waals surface area contributed by atoms with Crippen molar-refractivity contribution in [2.75, 3.05) is 0 Å². The SMILES string of the molecule is CCc1c(O)n(-c2cc(F)cc(Cl)c2)c(=O)[nH]c1=O. The summed E-state index contributed by atoms with van der Waals surface area (Å²) in [5, 5.41) is 10.0. The van der Waals surface area contributed by atoms with Crippen molar-refractivity contribution >= 4 is 11.6 Å². The summed E-state index contributed by atoms with van der Waals surface area (Å²) in [6.07, 6.45) is 0.227. The fraction of sp³-hybridized carbons (Fsp3) is 0.167. The zero-order chi connectivity index (χ0) is 14.2. The Bertz CT molecular complexity index is 731. The molecular weight excluding hydrogens is 275 g/mol. The van der Waals surface area contributed by atoms with Crippen LogP contribution in [0.5, 0.6) is 5.88 Å². The molecule has 0 saturated heterocycles. The lowest BCUT2D eigenvalue weighted by Gasteiger charge is -2.10. The first-order chi connectivity index (χ1) is 8.93. The molecule has 2 aromatic rings. The van der Waals surface area contributed by atoms with Crippen molar-refractivity contribution in [3.63, 3.8) is 0 Å². The minimum atomic E-state index is -0.860. The van der Waals surface area contributed by atoms with Gasteiger partial charge in [-0.25, -0.2) is 13.8 Å². The highest BCUT2D eigenvalue weighted by atomic mass is 35.5. The summed E-state index contributed by atoms with van der Waals surface area (Å²) in [4.78, 5) is 25.3. The predicted octanol–water partition coefficient (Wildman–Crippen LogP) is 1.59. The van der Waals surface area contributed by atoms with Crippen LogP contribution in [-0.2, 0) is 6.42 Å². The Morgan fingerprint density at radius 1 is 1.37 bits per heavy atom. The van der Waals surface area contributed by atoms with E-state index in [2.05, 4.69) is 4.98 Å². The normalized spacial score (nSPS) is 10.7. The Morgan fingerprint density at radius 2 is 2.05 bits per heavy atom. The lowest BCUT2D eigenvalue weighted by molar-refractivity contribution is 0.423. The average molecular weight is 285 g/mol. The van der Waals surface area contributed by atoms with Gasteiger partial charge in [-0.15, -0.1) is 0 Å². The van der Waals surface area contributed by atoms with Crippen LogP contribution in [0.15, 0.2) is 27.8 Å². The number of aromatic amines is 1. The maximum Gasteiger partial charge on any atom is 0.335 e. The zero-order valence-electron chi connectivity index (χ0n) is 9.91. The maximum absolute atomic E-state index is 13.3. The molecule has 0 atom stereocenters. The van der Waals surface area contributed by atoms with E-state index in [1.54, 1.807) is 6.92 Å². The van der Waals surface area contributed by atoms with Crippen LogP contribution in [0.3, 0.4) is 0 Å². The largest absolute Gasteiger partial charge is 0.494 e. The van der Waals surface area contributed by atoms with E-state index in [1.807, 2.05) is 0 Å². The average Bonchev–Trinajstić information content (AvgIpc) is 2.27. The Hall–Kier alpha value is -2.08. The maximum atomic E-state index is 13.3. The van der Waals surface area contributed by atoms with Crippen molar-refractivity contribution in [1.29, 1.82) is 0 Å². The number of halogens is 2. The van der Waals surface area contributed by atoms with Crippen LogP contribution >= 0.6 is 11.6 Å². The van der Waals surface area contributed by atoms with E-state index in [9.17, 15) is 19.1 Å². The van der Waals surface area contributed by atoms with E-state index in [-0.39, 0.29) is 22.7 Å². The van der Waals surface area contributed by atoms with E-state index in [1.165, 1.54) is 6.07 Å². The molecule has 1 aromatic heterocycles. The zero-order valence-corrected chi connectivity index (χ0v) is 10.7. The van der Waals surface area contributed by atoms with E-state index in [4.69, 9.17) is 11.6 Å². The van der Waals surface area contributed by atoms with E-state index < -0.39 is 22.9 Å². The summed E-state index contributed by atoms with van der Waals surface area (Å²) >= 11 is 5.70. The number of rotatable bonds is 2. The molecule has 0 amide bonds. The van der Waals surface area contributed by atoms with Gasteiger partial charge >= 0.3 is 5.69 Å². The quantitative estimate of drug-likeness (QED) is 0.879. The second-order valence-electron chi connectivity index (χ2n) is 3.88. The van der Waals surface area contributed by atoms with Gasteiger partial charge in [-0.3, -0.25) is 9.78 Å². The number of H-pyrrole nitrogens is 1. The summed E-state index contributed by atoms with van der Waals surface area (Å²) in [6.45, 7) is 1.65. The van der Waals surface area contributed by atoms with Crippen molar-refractivity contribution in [1.82, 2.24) is 9.55 Å². The lowest BCUT2D eigenvalue weighted by Crippen LogP contribution is -2.31. The number of benzene rings is 1. The highest BCUT2D eigenvalue weighted by Gasteiger charge is 2.14. The molecule has 2 rings (SSSR count). The van der Waals surface area contributed by atoms with Crippen molar-refractivity contribution in [2.45, 2.75) is 13.3 Å². The van der Waals surface area contributed by atoms with Crippen LogP contribution < -0.4 is 11.2 Å². The van der Waals surface area contributed by atoms with Gasteiger partial charge in [-0.2, -0.15) is 0 Å². The molecule has 2 N–H and O–H groups in total. The third-order valence-electron chi connectivity index (χ3n) is 2.64. The van der Waals surface area contributed by atoms with Gasteiger partial charge < -0.3 is 5.11 Å². The molecule has 1 aromatic carbocycles. The third kappa shape index (κ3) is 2.39. The summed E-state index contributed by atoms with van der Waals surface area (Å²) < 4.78 is 14.1. The highest BCUT2D eigenvalue weighted by molar-refractivity contribution is 6.30. The molecular formula is C12H10ClFN2O3. The number of hydrogen-bond donors (Lipinski definition) is 2. The van der Waals surface area contributed by atoms with Gasteiger partial charge in [-0.1, -0.05) is 18.5 Å². The van der Waals surface area contributed by atoms with Crippen molar-refractivity contribution < 1.29 is 9.50 Å². The minimum absolute atomic E-state index is 0.0402. The fourth-order valence-corrected chi connectivity index (χ4v) is 2.00. The summed E-state index contributed by atoms with van der Waals surface area (Å²) in [7, 11) is 0. The van der Waals surface area contributed by atoms with Crippen LogP contribution in [-0.4, -0.2) is 14.7 Å². The number of aromatic nitrogens is 2. The van der Waals surface area contributed by atoms with Crippen molar-refractivity contribution in [3.05, 3.63) is 55.4 Å². The Kier molecular flexibility index (Phi) is 3.44. The molecule has 19 heavy (non-hydrogen) atoms. The number of aromatic hydroxyl groups is 1. The molecule has 0 aliphatic heterocycles. The van der Waals surface area contributed by atoms with Gasteiger partial charge in [0.05, 0.1) is 11.3 Å². The van der Waals surface area contributed by atoms with Gasteiger partial charge in [0.1, 0.15) is 5.82 Å². The van der Waals surface area contributed by atoms with Crippen molar-refractivity contribution in [3.8, 4) is 11.6 Å². The van der Waals surface area contributed by atoms with E-state index in [0.717, 1.165) is 16.7 Å². The molecule has 0 spiro atoms. The van der Waals surface area contributed by atoms with Crippen LogP contribution in [0.4, 0.5) is 4.39 Å². The van der Waals surface area contributed by atoms with Crippen LogP contribution in [0.25, 0.3) is 5.69 Å². The summed E-state index contributed by atoms with van der Waals surface area (Å²) in [6, 6.07) is 3.41. The number of nitrogens with zero attached hydrogens (tertiary/aromatic N) is 1. The minimum Gasteiger partial charge on any atom is -0.494 e. The number of hydrogen-bond acceptors (Lipinski definition) is 3. The van der Waals surface area contributed by atoms with Crippen molar-refractivity contribution in [2.24, 2.45) is 0 Å². The van der Waals surface area contributed by atoms with Crippen LogP contribution in [0.2, 0.25) is 5.02 Å². The smallest absolute Gasteiger partial charge is 0.335 e. The molecule has 100 valence electrons. The molecule has 0 fully saturated rings. The molecule has 1 heterocycles. The fourth-order valence-electron chi connectivity index (χ4n) is 1.79. The van der Waals surface area contributed by atoms with Gasteiger partial charge in [-0.05, 0) is 24.6 Å². The monoisotopic (exact) mass is 284 g/mol. The standard InChI is InChI=1S/C12H10ClFN2O3/c1-2-9-10(17)15-12(19)16(11(9)18)8-4-6(13)3-7(14)5-8/h3-5,18H,2H2,1H3,(H,15,17,19). The second-order valence-corrected chi connectivity index (χ2v) is 4.31. The molecule has 0 aliphatic carbocycles. The van der Waals surface area contributed by atoms with Crippen LogP contribution in [0, 0.1) is 5.82 Å². The predicted molar refractivity (Wildman–Crippen MR) is 68.7 cm³/mol. The number of nitrogens with one attached hydrogen (secondary N) is 1. The van der Waals surface area contributed by atoms with Gasteiger partial charge in [0.25, 0.3) is 5.56 Å². The molecule has 0 bridgehead atoms. The molecule has 5 nitrogen and oxygen atoms in total. The third-order valence-corrected chi connectivity index (χ3v) is 2.86. The Morgan fingerprint density at radius 3 is 2.63 bits per heavy atom. The summed E-state index contributed by atoms with van der Waals surface area (Å²) in [5.41, 5.74) is -1.44. The molecule has 0 radical (unpaired) electrons. The van der Waals surface area contributed by atoms with Crippen LogP contribution in [0.1, 0.15) is 12.5 Å². The first kappa shape index (κ1) is 13.4.